The van der Waals surface area contributed by atoms with Gasteiger partial charge in [-0.05, 0) is 18.6 Å². The lowest BCUT2D eigenvalue weighted by Gasteiger charge is -1.99. The van der Waals surface area contributed by atoms with Crippen molar-refractivity contribution in [2.45, 2.75) is 13.0 Å². The molecule has 1 aromatic heterocycles. The molecule has 0 saturated heterocycles. The molecule has 1 heterocycles. The molecule has 4 heteroatoms. The molecular weight excluding hydrogens is 196 g/mol. The maximum atomic E-state index is 10.6. The number of aliphatic hydroxyl groups excluding tert-OH is 1. The second-order valence-corrected chi connectivity index (χ2v) is 3.38. The molecule has 0 aliphatic heterocycles. The second-order valence-electron chi connectivity index (χ2n) is 3.38. The summed E-state index contributed by atoms with van der Waals surface area (Å²) in [4.78, 5) is 10.6. The fourth-order valence-electron chi connectivity index (χ4n) is 1.49. The zero-order valence-corrected chi connectivity index (χ0v) is 8.10. The van der Waals surface area contributed by atoms with Gasteiger partial charge in [-0.15, -0.1) is 0 Å². The number of carboxylic acid groups (broad SMARTS) is 1. The summed E-state index contributed by atoms with van der Waals surface area (Å²) in [6.45, 7) is 1.86. The molecule has 0 aliphatic carbocycles. The molecule has 0 fully saturated rings. The largest absolute Gasteiger partial charge is 0.479 e. The topological polar surface area (TPSA) is 70.7 Å². The predicted molar refractivity (Wildman–Crippen MR) is 53.5 cm³/mol. The Morgan fingerprint density at radius 3 is 2.80 bits per heavy atom. The molecule has 0 aliphatic rings. The Labute approximate surface area is 85.8 Å². The fourth-order valence-corrected chi connectivity index (χ4v) is 1.49. The van der Waals surface area contributed by atoms with Gasteiger partial charge in [0.1, 0.15) is 11.3 Å². The standard InChI is InChI=1S/C11H10O4/c1-6-3-2-4-7-5-8(15-10(6)7)9(12)11(13)14/h2-5,9,12H,1H3,(H,13,14). The van der Waals surface area contributed by atoms with Crippen LogP contribution in [0.15, 0.2) is 28.7 Å². The van der Waals surface area contributed by atoms with Crippen LogP contribution >= 0.6 is 0 Å². The van der Waals surface area contributed by atoms with Gasteiger partial charge in [-0.25, -0.2) is 4.79 Å². The van der Waals surface area contributed by atoms with Crippen molar-refractivity contribution in [1.29, 1.82) is 0 Å². The SMILES string of the molecule is Cc1cccc2cc(C(O)C(=O)O)oc12. The predicted octanol–water partition coefficient (Wildman–Crippen LogP) is 1.86. The van der Waals surface area contributed by atoms with Crippen molar-refractivity contribution in [1.82, 2.24) is 0 Å². The third kappa shape index (κ3) is 1.59. The molecule has 1 unspecified atom stereocenters. The van der Waals surface area contributed by atoms with E-state index in [1.54, 1.807) is 6.07 Å². The minimum Gasteiger partial charge on any atom is -0.479 e. The molecule has 15 heavy (non-hydrogen) atoms. The van der Waals surface area contributed by atoms with Gasteiger partial charge in [-0.2, -0.15) is 0 Å². The zero-order chi connectivity index (χ0) is 11.0. The summed E-state index contributed by atoms with van der Waals surface area (Å²) in [5.41, 5.74) is 1.53. The molecule has 0 amide bonds. The molecule has 4 nitrogen and oxygen atoms in total. The number of rotatable bonds is 2. The third-order valence-electron chi connectivity index (χ3n) is 2.26. The van der Waals surface area contributed by atoms with Crippen molar-refractivity contribution in [3.63, 3.8) is 0 Å². The maximum absolute atomic E-state index is 10.6. The highest BCUT2D eigenvalue weighted by atomic mass is 16.4. The average Bonchev–Trinajstić information content (AvgIpc) is 2.61. The Kier molecular flexibility index (Phi) is 2.21. The fraction of sp³-hybridized carbons (Fsp3) is 0.182. The van der Waals surface area contributed by atoms with E-state index in [9.17, 15) is 9.90 Å². The first-order chi connectivity index (χ1) is 7.09. The van der Waals surface area contributed by atoms with Gasteiger partial charge in [-0.1, -0.05) is 18.2 Å². The van der Waals surface area contributed by atoms with E-state index >= 15 is 0 Å². The van der Waals surface area contributed by atoms with Crippen molar-refractivity contribution in [3.05, 3.63) is 35.6 Å². The van der Waals surface area contributed by atoms with Crippen LogP contribution in [0.25, 0.3) is 11.0 Å². The molecule has 1 atom stereocenters. The monoisotopic (exact) mass is 206 g/mol. The highest BCUT2D eigenvalue weighted by Gasteiger charge is 2.20. The van der Waals surface area contributed by atoms with Crippen molar-refractivity contribution < 1.29 is 19.4 Å². The summed E-state index contributed by atoms with van der Waals surface area (Å²) in [7, 11) is 0. The number of para-hydroxylation sites is 1. The summed E-state index contributed by atoms with van der Waals surface area (Å²) in [5, 5.41) is 18.7. The quantitative estimate of drug-likeness (QED) is 0.786. The zero-order valence-electron chi connectivity index (χ0n) is 8.10. The van der Waals surface area contributed by atoms with Gasteiger partial charge in [0.15, 0.2) is 0 Å². The first-order valence-corrected chi connectivity index (χ1v) is 4.49. The third-order valence-corrected chi connectivity index (χ3v) is 2.26. The molecular formula is C11H10O4. The summed E-state index contributed by atoms with van der Waals surface area (Å²) in [6.07, 6.45) is -1.60. The molecule has 2 rings (SSSR count). The molecule has 0 spiro atoms. The Bertz CT molecular complexity index is 512. The molecule has 2 aromatic rings. The number of aryl methyl sites for hydroxylation is 1. The van der Waals surface area contributed by atoms with Crippen LogP contribution in [-0.2, 0) is 4.79 Å². The first-order valence-electron chi connectivity index (χ1n) is 4.49. The van der Waals surface area contributed by atoms with Crippen LogP contribution in [0.3, 0.4) is 0 Å². The van der Waals surface area contributed by atoms with E-state index in [1.807, 2.05) is 25.1 Å². The van der Waals surface area contributed by atoms with Crippen LogP contribution in [0.1, 0.15) is 17.4 Å². The van der Waals surface area contributed by atoms with E-state index in [1.165, 1.54) is 0 Å². The van der Waals surface area contributed by atoms with Crippen LogP contribution in [0.4, 0.5) is 0 Å². The van der Waals surface area contributed by atoms with Crippen LogP contribution in [-0.4, -0.2) is 16.2 Å². The van der Waals surface area contributed by atoms with Gasteiger partial charge < -0.3 is 14.6 Å². The number of carboxylic acids is 1. The van der Waals surface area contributed by atoms with E-state index < -0.39 is 12.1 Å². The molecule has 0 bridgehead atoms. The van der Waals surface area contributed by atoms with Crippen LogP contribution in [0, 0.1) is 6.92 Å². The normalized spacial score (nSPS) is 12.9. The molecule has 78 valence electrons. The maximum Gasteiger partial charge on any atom is 0.340 e. The van der Waals surface area contributed by atoms with Gasteiger partial charge in [-0.3, -0.25) is 0 Å². The lowest BCUT2D eigenvalue weighted by atomic mass is 10.1. The van der Waals surface area contributed by atoms with E-state index in [0.29, 0.717) is 5.58 Å². The van der Waals surface area contributed by atoms with Crippen LogP contribution in [0.2, 0.25) is 0 Å². The summed E-state index contributed by atoms with van der Waals surface area (Å²) >= 11 is 0. The Morgan fingerprint density at radius 2 is 2.20 bits per heavy atom. The minimum absolute atomic E-state index is 0.0619. The number of carbonyl (C=O) groups is 1. The highest BCUT2D eigenvalue weighted by molar-refractivity contribution is 5.83. The number of hydrogen-bond donors (Lipinski definition) is 2. The number of hydrogen-bond acceptors (Lipinski definition) is 3. The van der Waals surface area contributed by atoms with E-state index in [-0.39, 0.29) is 5.76 Å². The number of aliphatic carboxylic acids is 1. The molecule has 0 radical (unpaired) electrons. The lowest BCUT2D eigenvalue weighted by Crippen LogP contribution is -2.09. The summed E-state index contributed by atoms with van der Waals surface area (Å²) in [6, 6.07) is 7.07. The molecule has 0 saturated carbocycles. The van der Waals surface area contributed by atoms with Gasteiger partial charge in [0.2, 0.25) is 6.10 Å². The number of benzene rings is 1. The highest BCUT2D eigenvalue weighted by Crippen LogP contribution is 2.26. The van der Waals surface area contributed by atoms with Crippen molar-refractivity contribution >= 4 is 16.9 Å². The van der Waals surface area contributed by atoms with Crippen molar-refractivity contribution in [3.8, 4) is 0 Å². The molecule has 1 aromatic carbocycles. The number of aliphatic hydroxyl groups is 1. The average molecular weight is 206 g/mol. The van der Waals surface area contributed by atoms with Gasteiger partial charge in [0.25, 0.3) is 0 Å². The Balaban J connectivity index is 2.56. The summed E-state index contributed by atoms with van der Waals surface area (Å²) < 4.78 is 5.29. The number of furan rings is 1. The first kappa shape index (κ1) is 9.73. The van der Waals surface area contributed by atoms with E-state index in [4.69, 9.17) is 9.52 Å². The van der Waals surface area contributed by atoms with Gasteiger partial charge in [0.05, 0.1) is 0 Å². The molecule has 2 N–H and O–H groups in total. The number of fused-ring (bicyclic) bond motifs is 1. The Hall–Kier alpha value is -1.81. The van der Waals surface area contributed by atoms with Crippen LogP contribution < -0.4 is 0 Å². The summed E-state index contributed by atoms with van der Waals surface area (Å²) in [5.74, 6) is -1.25. The van der Waals surface area contributed by atoms with Crippen molar-refractivity contribution in [2.75, 3.05) is 0 Å². The lowest BCUT2D eigenvalue weighted by molar-refractivity contribution is -0.147. The second kappa shape index (κ2) is 3.40. The van der Waals surface area contributed by atoms with Gasteiger partial charge in [0, 0.05) is 5.39 Å². The van der Waals surface area contributed by atoms with Crippen molar-refractivity contribution in [2.24, 2.45) is 0 Å². The Morgan fingerprint density at radius 1 is 1.47 bits per heavy atom. The van der Waals surface area contributed by atoms with E-state index in [2.05, 4.69) is 0 Å². The van der Waals surface area contributed by atoms with E-state index in [0.717, 1.165) is 10.9 Å². The van der Waals surface area contributed by atoms with Crippen LogP contribution in [0.5, 0.6) is 0 Å². The minimum atomic E-state index is -1.60. The van der Waals surface area contributed by atoms with Gasteiger partial charge >= 0.3 is 5.97 Å². The smallest absolute Gasteiger partial charge is 0.340 e.